The highest BCUT2D eigenvalue weighted by Crippen LogP contribution is 2.19. The fourth-order valence-corrected chi connectivity index (χ4v) is 1.84. The molecule has 1 heterocycles. The third-order valence-corrected chi connectivity index (χ3v) is 3.06. The van der Waals surface area contributed by atoms with Gasteiger partial charge in [0, 0.05) is 10.7 Å². The summed E-state index contributed by atoms with van der Waals surface area (Å²) in [5.41, 5.74) is 0.249. The molecule has 1 aromatic carbocycles. The summed E-state index contributed by atoms with van der Waals surface area (Å²) in [7, 11) is 1.18. The molecule has 1 aromatic heterocycles. The molecular weight excluding hydrogens is 343 g/mol. The molecule has 2 rings (SSSR count). The Kier molecular flexibility index (Phi) is 4.64. The number of hydrogen-bond acceptors (Lipinski definition) is 4. The van der Waals surface area contributed by atoms with E-state index in [1.54, 1.807) is 6.07 Å². The van der Waals surface area contributed by atoms with E-state index in [0.717, 1.165) is 16.6 Å². The Hall–Kier alpha value is -2.28. The Labute approximate surface area is 128 Å². The van der Waals surface area contributed by atoms with Crippen LogP contribution < -0.4 is 5.32 Å². The number of anilines is 1. The number of nitrogens with zero attached hydrogens (tertiary/aromatic N) is 1. The predicted molar refractivity (Wildman–Crippen MR) is 77.6 cm³/mol. The van der Waals surface area contributed by atoms with E-state index in [2.05, 4.69) is 31.0 Å². The maximum Gasteiger partial charge on any atom is 0.340 e. The Bertz CT molecular complexity index is 689. The number of amides is 1. The van der Waals surface area contributed by atoms with Crippen molar-refractivity contribution in [2.75, 3.05) is 12.4 Å². The van der Waals surface area contributed by atoms with E-state index in [9.17, 15) is 14.0 Å². The molecule has 21 heavy (non-hydrogen) atoms. The second kappa shape index (κ2) is 6.45. The van der Waals surface area contributed by atoms with Gasteiger partial charge in [0.05, 0.1) is 18.4 Å². The van der Waals surface area contributed by atoms with E-state index in [1.165, 1.54) is 25.4 Å². The molecule has 2 aromatic rings. The topological polar surface area (TPSA) is 68.3 Å². The third kappa shape index (κ3) is 3.63. The molecule has 0 spiro atoms. The molecule has 0 aliphatic heterocycles. The molecule has 0 radical (unpaired) electrons. The fourth-order valence-electron chi connectivity index (χ4n) is 1.60. The van der Waals surface area contributed by atoms with Gasteiger partial charge in [-0.15, -0.1) is 0 Å². The number of hydrogen-bond donors (Lipinski definition) is 1. The first kappa shape index (κ1) is 15.1. The molecule has 1 amide bonds. The highest BCUT2D eigenvalue weighted by Gasteiger charge is 2.16. The zero-order chi connectivity index (χ0) is 15.4. The Morgan fingerprint density at radius 1 is 1.29 bits per heavy atom. The summed E-state index contributed by atoms with van der Waals surface area (Å²) < 4.78 is 18.5. The van der Waals surface area contributed by atoms with Crippen molar-refractivity contribution in [2.24, 2.45) is 0 Å². The predicted octanol–water partition coefficient (Wildman–Crippen LogP) is 3.02. The lowest BCUT2D eigenvalue weighted by molar-refractivity contribution is 0.0601. The summed E-state index contributed by atoms with van der Waals surface area (Å²) in [6.07, 6.45) is 1.47. The minimum atomic E-state index is -0.742. The number of carbonyl (C=O) groups excluding carboxylic acids is 2. The molecule has 0 saturated carbocycles. The number of nitrogens with one attached hydrogen (secondary N) is 1. The molecule has 0 fully saturated rings. The van der Waals surface area contributed by atoms with Crippen molar-refractivity contribution in [3.63, 3.8) is 0 Å². The molecular formula is C14H10BrFN2O3. The highest BCUT2D eigenvalue weighted by atomic mass is 79.9. The third-order valence-electron chi connectivity index (χ3n) is 2.60. The van der Waals surface area contributed by atoms with Crippen molar-refractivity contribution in [3.05, 3.63) is 58.1 Å². The van der Waals surface area contributed by atoms with E-state index in [4.69, 9.17) is 0 Å². The van der Waals surface area contributed by atoms with Crippen LogP contribution in [0.4, 0.5) is 10.1 Å². The zero-order valence-electron chi connectivity index (χ0n) is 10.9. The van der Waals surface area contributed by atoms with Crippen molar-refractivity contribution in [3.8, 4) is 0 Å². The van der Waals surface area contributed by atoms with Gasteiger partial charge in [0.25, 0.3) is 5.91 Å². The van der Waals surface area contributed by atoms with Gasteiger partial charge in [-0.2, -0.15) is 0 Å². The molecule has 108 valence electrons. The number of halogens is 2. The van der Waals surface area contributed by atoms with Gasteiger partial charge in [0.2, 0.25) is 0 Å². The number of carbonyl (C=O) groups is 2. The maximum atomic E-state index is 13.2. The van der Waals surface area contributed by atoms with Gasteiger partial charge in [0.1, 0.15) is 11.5 Å². The summed E-state index contributed by atoms with van der Waals surface area (Å²) in [5.74, 6) is -1.86. The maximum absolute atomic E-state index is 13.2. The van der Waals surface area contributed by atoms with E-state index in [1.807, 2.05) is 0 Å². The number of esters is 1. The molecule has 0 bridgehead atoms. The van der Waals surface area contributed by atoms with Crippen LogP contribution in [-0.2, 0) is 4.74 Å². The molecule has 0 atom stereocenters. The van der Waals surface area contributed by atoms with Gasteiger partial charge < -0.3 is 10.1 Å². The fraction of sp³-hybridized carbons (Fsp3) is 0.0714. The molecule has 1 N–H and O–H groups in total. The summed E-state index contributed by atoms with van der Waals surface area (Å²) >= 11 is 3.21. The van der Waals surface area contributed by atoms with E-state index < -0.39 is 17.7 Å². The highest BCUT2D eigenvalue weighted by molar-refractivity contribution is 9.10. The Morgan fingerprint density at radius 2 is 2.05 bits per heavy atom. The van der Waals surface area contributed by atoms with Gasteiger partial charge in [-0.3, -0.25) is 4.79 Å². The smallest absolute Gasteiger partial charge is 0.340 e. The minimum absolute atomic E-state index is 0.0667. The quantitative estimate of drug-likeness (QED) is 0.862. The van der Waals surface area contributed by atoms with Crippen LogP contribution in [0.3, 0.4) is 0 Å². The van der Waals surface area contributed by atoms with Crippen molar-refractivity contribution in [1.82, 2.24) is 4.98 Å². The summed E-state index contributed by atoms with van der Waals surface area (Å²) in [6.45, 7) is 0. The molecule has 0 aliphatic carbocycles. The number of aromatic nitrogens is 1. The van der Waals surface area contributed by atoms with E-state index in [-0.39, 0.29) is 16.9 Å². The largest absolute Gasteiger partial charge is 0.465 e. The summed E-state index contributed by atoms with van der Waals surface area (Å²) in [4.78, 5) is 27.6. The van der Waals surface area contributed by atoms with E-state index in [0.29, 0.717) is 0 Å². The van der Waals surface area contributed by atoms with Crippen LogP contribution in [0.15, 0.2) is 41.0 Å². The van der Waals surface area contributed by atoms with Gasteiger partial charge in [-0.25, -0.2) is 14.2 Å². The number of ether oxygens (including phenoxy) is 1. The second-order valence-corrected chi connectivity index (χ2v) is 4.91. The molecule has 7 heteroatoms. The van der Waals surface area contributed by atoms with Crippen molar-refractivity contribution < 1.29 is 18.7 Å². The van der Waals surface area contributed by atoms with Crippen LogP contribution in [0.2, 0.25) is 0 Å². The number of methoxy groups -OCH3 is 1. The van der Waals surface area contributed by atoms with Crippen LogP contribution in [-0.4, -0.2) is 24.0 Å². The van der Waals surface area contributed by atoms with Gasteiger partial charge >= 0.3 is 5.97 Å². The normalized spacial score (nSPS) is 10.0. The second-order valence-electron chi connectivity index (χ2n) is 4.00. The minimum Gasteiger partial charge on any atom is -0.465 e. The zero-order valence-corrected chi connectivity index (χ0v) is 12.5. The lowest BCUT2D eigenvalue weighted by Crippen LogP contribution is -2.16. The number of pyridine rings is 1. The van der Waals surface area contributed by atoms with Crippen LogP contribution in [0.25, 0.3) is 0 Å². The van der Waals surface area contributed by atoms with Crippen molar-refractivity contribution >= 4 is 33.5 Å². The van der Waals surface area contributed by atoms with Crippen molar-refractivity contribution in [2.45, 2.75) is 0 Å². The Morgan fingerprint density at radius 3 is 2.67 bits per heavy atom. The van der Waals surface area contributed by atoms with Crippen LogP contribution in [0.5, 0.6) is 0 Å². The average molecular weight is 353 g/mol. The standard InChI is InChI=1S/C14H10BrFN2O3/c1-21-14(20)10-6-9(16)3-5-11(10)18-13(19)12-4-2-8(15)7-17-12/h2-7H,1H3,(H,18,19). The molecule has 5 nitrogen and oxygen atoms in total. The van der Waals surface area contributed by atoms with Crippen molar-refractivity contribution in [1.29, 1.82) is 0 Å². The van der Waals surface area contributed by atoms with Crippen LogP contribution in [0.1, 0.15) is 20.8 Å². The van der Waals surface area contributed by atoms with Gasteiger partial charge in [-0.1, -0.05) is 0 Å². The first-order valence-electron chi connectivity index (χ1n) is 5.82. The van der Waals surface area contributed by atoms with Crippen LogP contribution >= 0.6 is 15.9 Å². The molecule has 0 saturated heterocycles. The summed E-state index contributed by atoms with van der Waals surface area (Å²) in [6, 6.07) is 6.60. The summed E-state index contributed by atoms with van der Waals surface area (Å²) in [5, 5.41) is 2.50. The van der Waals surface area contributed by atoms with Crippen LogP contribution in [0, 0.1) is 5.82 Å². The molecule has 0 aliphatic rings. The number of benzene rings is 1. The Balaban J connectivity index is 2.28. The van der Waals surface area contributed by atoms with Gasteiger partial charge in [0.15, 0.2) is 0 Å². The first-order valence-corrected chi connectivity index (χ1v) is 6.61. The monoisotopic (exact) mass is 352 g/mol. The lowest BCUT2D eigenvalue weighted by Gasteiger charge is -2.09. The first-order chi connectivity index (χ1) is 10.0. The van der Waals surface area contributed by atoms with Gasteiger partial charge in [-0.05, 0) is 46.3 Å². The lowest BCUT2D eigenvalue weighted by atomic mass is 10.1. The van der Waals surface area contributed by atoms with E-state index >= 15 is 0 Å². The SMILES string of the molecule is COC(=O)c1cc(F)ccc1NC(=O)c1ccc(Br)cn1. The number of rotatable bonds is 3. The molecule has 0 unspecified atom stereocenters. The average Bonchev–Trinajstić information content (AvgIpc) is 2.48.